The van der Waals surface area contributed by atoms with Crippen molar-refractivity contribution in [3.8, 4) is 0 Å². The minimum Gasteiger partial charge on any atom is -0.356 e. The minimum atomic E-state index is -2.99. The lowest BCUT2D eigenvalue weighted by molar-refractivity contribution is 0.102. The molecule has 1 aliphatic heterocycles. The molecule has 0 spiro atoms. The van der Waals surface area contributed by atoms with Gasteiger partial charge in [-0.25, -0.2) is 18.4 Å². The van der Waals surface area contributed by atoms with E-state index in [1.54, 1.807) is 13.1 Å². The first kappa shape index (κ1) is 18.3. The fraction of sp³-hybridized carbons (Fsp3) is 0.389. The molecule has 1 saturated heterocycles. The van der Waals surface area contributed by atoms with Crippen molar-refractivity contribution < 1.29 is 13.2 Å². The van der Waals surface area contributed by atoms with Gasteiger partial charge in [0.05, 0.1) is 11.5 Å². The van der Waals surface area contributed by atoms with Crippen molar-refractivity contribution in [2.75, 3.05) is 28.8 Å². The van der Waals surface area contributed by atoms with Gasteiger partial charge in [0.15, 0.2) is 9.84 Å². The average Bonchev–Trinajstić information content (AvgIpc) is 3.01. The summed E-state index contributed by atoms with van der Waals surface area (Å²) in [7, 11) is -1.19. The number of carbonyl (C=O) groups is 1. The summed E-state index contributed by atoms with van der Waals surface area (Å²) < 4.78 is 23.4. The first-order valence-electron chi connectivity index (χ1n) is 8.54. The van der Waals surface area contributed by atoms with Crippen LogP contribution in [-0.4, -0.2) is 48.9 Å². The molecule has 1 unspecified atom stereocenters. The van der Waals surface area contributed by atoms with Crippen LogP contribution in [0.3, 0.4) is 0 Å². The van der Waals surface area contributed by atoms with E-state index in [1.165, 1.54) is 6.33 Å². The van der Waals surface area contributed by atoms with Crippen LogP contribution in [0.25, 0.3) is 0 Å². The molecule has 0 aliphatic carbocycles. The van der Waals surface area contributed by atoms with Gasteiger partial charge in [-0.2, -0.15) is 0 Å². The summed E-state index contributed by atoms with van der Waals surface area (Å²) in [5.74, 6) is 0.519. The maximum absolute atomic E-state index is 12.6. The molecular formula is C18H22N4O3S. The van der Waals surface area contributed by atoms with Crippen molar-refractivity contribution in [3.05, 3.63) is 47.9 Å². The second kappa shape index (κ2) is 7.41. The Morgan fingerprint density at radius 3 is 2.77 bits per heavy atom. The first-order valence-corrected chi connectivity index (χ1v) is 10.4. The smallest absolute Gasteiger partial charge is 0.274 e. The van der Waals surface area contributed by atoms with Gasteiger partial charge in [0.25, 0.3) is 5.91 Å². The maximum atomic E-state index is 12.6. The lowest BCUT2D eigenvalue weighted by Gasteiger charge is -2.24. The number of para-hydroxylation sites is 1. The molecule has 0 radical (unpaired) electrons. The molecule has 2 aromatic rings. The Morgan fingerprint density at radius 2 is 2.08 bits per heavy atom. The van der Waals surface area contributed by atoms with E-state index in [0.29, 0.717) is 12.2 Å². The molecule has 1 aromatic heterocycles. The molecule has 1 fully saturated rings. The number of hydrogen-bond acceptors (Lipinski definition) is 6. The Balaban J connectivity index is 1.77. The predicted molar refractivity (Wildman–Crippen MR) is 101 cm³/mol. The molecule has 1 aliphatic rings. The fourth-order valence-electron chi connectivity index (χ4n) is 3.07. The second-order valence-corrected chi connectivity index (χ2v) is 8.62. The van der Waals surface area contributed by atoms with E-state index in [4.69, 9.17) is 0 Å². The molecule has 26 heavy (non-hydrogen) atoms. The molecule has 1 amide bonds. The molecular weight excluding hydrogens is 352 g/mol. The molecule has 3 rings (SSSR count). The van der Waals surface area contributed by atoms with E-state index >= 15 is 0 Å². The number of aryl methyl sites for hydroxylation is 1. The van der Waals surface area contributed by atoms with Crippen molar-refractivity contribution >= 4 is 27.2 Å². The van der Waals surface area contributed by atoms with E-state index in [2.05, 4.69) is 15.3 Å². The molecule has 1 aromatic carbocycles. The van der Waals surface area contributed by atoms with Crippen molar-refractivity contribution in [2.24, 2.45) is 0 Å². The lowest BCUT2D eigenvalue weighted by atomic mass is 10.1. The van der Waals surface area contributed by atoms with E-state index < -0.39 is 9.84 Å². The third kappa shape index (κ3) is 4.01. The summed E-state index contributed by atoms with van der Waals surface area (Å²) in [4.78, 5) is 22.6. The van der Waals surface area contributed by atoms with Gasteiger partial charge in [-0.3, -0.25) is 4.79 Å². The van der Waals surface area contributed by atoms with Crippen LogP contribution in [0.1, 0.15) is 29.4 Å². The number of anilines is 2. The van der Waals surface area contributed by atoms with Crippen LogP contribution in [0.5, 0.6) is 0 Å². The third-order valence-corrected chi connectivity index (χ3v) is 6.40. The topological polar surface area (TPSA) is 92.3 Å². The van der Waals surface area contributed by atoms with Gasteiger partial charge in [0, 0.05) is 24.8 Å². The largest absolute Gasteiger partial charge is 0.356 e. The molecule has 7 nitrogen and oxygen atoms in total. The van der Waals surface area contributed by atoms with Crippen LogP contribution in [0.2, 0.25) is 0 Å². The molecule has 2 heterocycles. The summed E-state index contributed by atoms with van der Waals surface area (Å²) in [6.07, 6.45) is 2.70. The van der Waals surface area contributed by atoms with Crippen LogP contribution in [0, 0.1) is 0 Å². The van der Waals surface area contributed by atoms with Gasteiger partial charge in [0.1, 0.15) is 17.8 Å². The molecule has 1 N–H and O–H groups in total. The Bertz CT molecular complexity index is 914. The summed E-state index contributed by atoms with van der Waals surface area (Å²) in [5, 5.41) is 2.88. The van der Waals surface area contributed by atoms with E-state index in [-0.39, 0.29) is 29.1 Å². The SMILES string of the molecule is CCc1ccccc1NC(=O)c1cc(N(C)C2CCS(=O)(=O)C2)ncn1. The number of rotatable bonds is 5. The average molecular weight is 374 g/mol. The predicted octanol–water partition coefficient (Wildman–Crippen LogP) is 1.91. The van der Waals surface area contributed by atoms with Crippen molar-refractivity contribution in [1.29, 1.82) is 0 Å². The number of nitrogens with one attached hydrogen (secondary N) is 1. The van der Waals surface area contributed by atoms with E-state index in [0.717, 1.165) is 17.7 Å². The monoisotopic (exact) mass is 374 g/mol. The Morgan fingerprint density at radius 1 is 1.31 bits per heavy atom. The standard InChI is InChI=1S/C18H22N4O3S/c1-3-13-6-4-5-7-15(13)21-18(23)16-10-17(20-12-19-16)22(2)14-8-9-26(24,25)11-14/h4-7,10,12,14H,3,8-9,11H2,1-2H3,(H,21,23). The van der Waals surface area contributed by atoms with E-state index in [1.807, 2.05) is 36.1 Å². The molecule has 0 bridgehead atoms. The van der Waals surface area contributed by atoms with Crippen molar-refractivity contribution in [1.82, 2.24) is 9.97 Å². The minimum absolute atomic E-state index is 0.110. The van der Waals surface area contributed by atoms with Crippen molar-refractivity contribution in [2.45, 2.75) is 25.8 Å². The van der Waals surface area contributed by atoms with Gasteiger partial charge in [-0.1, -0.05) is 25.1 Å². The van der Waals surface area contributed by atoms with Crippen LogP contribution in [0.4, 0.5) is 11.5 Å². The van der Waals surface area contributed by atoms with Crippen LogP contribution >= 0.6 is 0 Å². The zero-order valence-electron chi connectivity index (χ0n) is 14.8. The number of nitrogens with zero attached hydrogens (tertiary/aromatic N) is 3. The van der Waals surface area contributed by atoms with Gasteiger partial charge in [-0.15, -0.1) is 0 Å². The van der Waals surface area contributed by atoms with Gasteiger partial charge >= 0.3 is 0 Å². The number of carbonyl (C=O) groups excluding carboxylic acids is 1. The highest BCUT2D eigenvalue weighted by molar-refractivity contribution is 7.91. The van der Waals surface area contributed by atoms with E-state index in [9.17, 15) is 13.2 Å². The van der Waals surface area contributed by atoms with Crippen LogP contribution in [0.15, 0.2) is 36.7 Å². The number of aromatic nitrogens is 2. The maximum Gasteiger partial charge on any atom is 0.274 e. The molecule has 1 atom stereocenters. The zero-order chi connectivity index (χ0) is 18.7. The summed E-state index contributed by atoms with van der Waals surface area (Å²) in [6.45, 7) is 2.03. The molecule has 0 saturated carbocycles. The van der Waals surface area contributed by atoms with Gasteiger partial charge < -0.3 is 10.2 Å². The van der Waals surface area contributed by atoms with Gasteiger partial charge in [0.2, 0.25) is 0 Å². The summed E-state index contributed by atoms with van der Waals surface area (Å²) in [6, 6.07) is 9.08. The normalized spacial score (nSPS) is 18.5. The summed E-state index contributed by atoms with van der Waals surface area (Å²) >= 11 is 0. The Hall–Kier alpha value is -2.48. The van der Waals surface area contributed by atoms with Crippen LogP contribution < -0.4 is 10.2 Å². The highest BCUT2D eigenvalue weighted by Gasteiger charge is 2.31. The fourth-order valence-corrected chi connectivity index (χ4v) is 4.84. The highest BCUT2D eigenvalue weighted by Crippen LogP contribution is 2.22. The summed E-state index contributed by atoms with van der Waals surface area (Å²) in [5.41, 5.74) is 2.05. The number of hydrogen-bond donors (Lipinski definition) is 1. The number of benzene rings is 1. The van der Waals surface area contributed by atoms with Gasteiger partial charge in [-0.05, 0) is 24.5 Å². The zero-order valence-corrected chi connectivity index (χ0v) is 15.7. The van der Waals surface area contributed by atoms with Crippen LogP contribution in [-0.2, 0) is 16.3 Å². The quantitative estimate of drug-likeness (QED) is 0.859. The number of sulfone groups is 1. The lowest BCUT2D eigenvalue weighted by Crippen LogP contribution is -2.33. The first-order chi connectivity index (χ1) is 12.4. The highest BCUT2D eigenvalue weighted by atomic mass is 32.2. The number of amides is 1. The Kier molecular flexibility index (Phi) is 5.22. The Labute approximate surface area is 153 Å². The van der Waals surface area contributed by atoms with Crippen molar-refractivity contribution in [3.63, 3.8) is 0 Å². The third-order valence-electron chi connectivity index (χ3n) is 4.65. The second-order valence-electron chi connectivity index (χ2n) is 6.39. The molecule has 138 valence electrons. The molecule has 8 heteroatoms.